The minimum absolute atomic E-state index is 0.338. The van der Waals surface area contributed by atoms with Crippen LogP contribution in [0.5, 0.6) is 0 Å². The number of para-hydroxylation sites is 2. The molecule has 70 heavy (non-hydrogen) atoms. The standard InChI is InChI=1S/C64H42F2N2.H3NO/c65-57-41-49(43-19-7-1-8-20-43)39-55(45-23-11-3-12-24-45)63(57)67(51-27-15-5-16-28-51)59-37-33-47-32-36-54-60(38-34-48-31-35-53(59)61(47)62(48)54)68(52-29-17-6-18-30-52)64-56(46-25-13-4-14-26-46)40-50(42-58(64)66)44-21-9-2-10-22-44;1-2/h1-42H;2H,1H2. The molecule has 0 heterocycles. The molecule has 0 unspecified atom stereocenters. The largest absolute Gasteiger partial charge is 0.320 e. The molecule has 0 aliphatic heterocycles. The van der Waals surface area contributed by atoms with Crippen LogP contribution in [0.3, 0.4) is 0 Å². The van der Waals surface area contributed by atoms with Gasteiger partial charge in [0.15, 0.2) is 0 Å². The minimum atomic E-state index is -0.338. The second-order valence-corrected chi connectivity index (χ2v) is 17.1. The Morgan fingerprint density at radius 3 is 0.943 bits per heavy atom. The van der Waals surface area contributed by atoms with Crippen molar-refractivity contribution in [2.45, 2.75) is 0 Å². The van der Waals surface area contributed by atoms with Crippen LogP contribution in [0.15, 0.2) is 255 Å². The van der Waals surface area contributed by atoms with Gasteiger partial charge in [-0.2, -0.15) is 0 Å². The first-order chi connectivity index (χ1) is 34.6. The SMILES string of the molecule is Fc1cc(-c2ccccc2)cc(-c2ccccc2)c1N(c1ccccc1)c1ccc2ccc3c(N(c4ccccc4)c4c(F)cc(-c5ccccc5)cc4-c4ccccc4)ccc4ccc1c2c43.NO. The highest BCUT2D eigenvalue weighted by Crippen LogP contribution is 2.51. The highest BCUT2D eigenvalue weighted by atomic mass is 19.1. The number of nitrogens with zero attached hydrogens (tertiary/aromatic N) is 2. The molecular weight excluding hydrogens is 865 g/mol. The third kappa shape index (κ3) is 7.87. The van der Waals surface area contributed by atoms with Crippen molar-refractivity contribution >= 4 is 66.4 Å². The fraction of sp³-hybridized carbons (Fsp3) is 0. The van der Waals surface area contributed by atoms with Crippen LogP contribution >= 0.6 is 0 Å². The van der Waals surface area contributed by atoms with Crippen molar-refractivity contribution in [2.24, 2.45) is 5.90 Å². The van der Waals surface area contributed by atoms with Gasteiger partial charge in [-0.25, -0.2) is 14.7 Å². The summed E-state index contributed by atoms with van der Waals surface area (Å²) in [6.45, 7) is 0. The van der Waals surface area contributed by atoms with Crippen LogP contribution in [0.4, 0.5) is 42.9 Å². The van der Waals surface area contributed by atoms with Crippen molar-refractivity contribution in [3.8, 4) is 44.5 Å². The number of rotatable bonds is 10. The van der Waals surface area contributed by atoms with Crippen molar-refractivity contribution < 1.29 is 14.0 Å². The van der Waals surface area contributed by atoms with Crippen molar-refractivity contribution in [1.29, 1.82) is 0 Å². The lowest BCUT2D eigenvalue weighted by Gasteiger charge is -2.31. The fourth-order valence-corrected chi connectivity index (χ4v) is 10.0. The van der Waals surface area contributed by atoms with Crippen LogP contribution in [0.25, 0.3) is 76.8 Å². The molecule has 0 saturated carbocycles. The number of hydrogen-bond acceptors (Lipinski definition) is 4. The van der Waals surface area contributed by atoms with E-state index in [0.29, 0.717) is 11.4 Å². The molecule has 3 N–H and O–H groups in total. The number of benzene rings is 12. The molecule has 0 spiro atoms. The molecule has 0 aliphatic rings. The van der Waals surface area contributed by atoms with Gasteiger partial charge in [0.25, 0.3) is 0 Å². The zero-order chi connectivity index (χ0) is 47.6. The van der Waals surface area contributed by atoms with Crippen molar-refractivity contribution in [3.05, 3.63) is 266 Å². The lowest BCUT2D eigenvalue weighted by Crippen LogP contribution is -2.14. The first-order valence-corrected chi connectivity index (χ1v) is 23.1. The van der Waals surface area contributed by atoms with E-state index in [4.69, 9.17) is 5.21 Å². The Hall–Kier alpha value is -8.94. The molecule has 0 fully saturated rings. The van der Waals surface area contributed by atoms with Crippen molar-refractivity contribution in [3.63, 3.8) is 0 Å². The maximum Gasteiger partial charge on any atom is 0.148 e. The predicted molar refractivity (Wildman–Crippen MR) is 287 cm³/mol. The molecule has 12 rings (SSSR count). The zero-order valence-corrected chi connectivity index (χ0v) is 37.9. The predicted octanol–water partition coefficient (Wildman–Crippen LogP) is 17.8. The van der Waals surface area contributed by atoms with Crippen LogP contribution in [-0.2, 0) is 0 Å². The Morgan fingerprint density at radius 2 is 0.600 bits per heavy atom. The summed E-state index contributed by atoms with van der Waals surface area (Å²) in [7, 11) is 0. The van der Waals surface area contributed by atoms with Crippen LogP contribution < -0.4 is 15.7 Å². The molecule has 336 valence electrons. The summed E-state index contributed by atoms with van der Waals surface area (Å²) < 4.78 is 35.2. The van der Waals surface area contributed by atoms with Gasteiger partial charge in [-0.15, -0.1) is 0 Å². The van der Waals surface area contributed by atoms with Gasteiger partial charge in [-0.3, -0.25) is 0 Å². The van der Waals surface area contributed by atoms with Crippen LogP contribution in [0.2, 0.25) is 0 Å². The molecular formula is C64H45F2N3O. The summed E-state index contributed by atoms with van der Waals surface area (Å²) in [6.07, 6.45) is 0. The van der Waals surface area contributed by atoms with Gasteiger partial charge in [-0.05, 0) is 116 Å². The second-order valence-electron chi connectivity index (χ2n) is 17.1. The van der Waals surface area contributed by atoms with Gasteiger partial charge in [0, 0.05) is 33.3 Å². The quantitative estimate of drug-likeness (QED) is 0.106. The monoisotopic (exact) mass is 909 g/mol. The van der Waals surface area contributed by atoms with Gasteiger partial charge in [-0.1, -0.05) is 194 Å². The summed E-state index contributed by atoms with van der Waals surface area (Å²) in [6, 6.07) is 84.9. The Bertz CT molecular complexity index is 3500. The average molecular weight is 910 g/mol. The van der Waals surface area contributed by atoms with Gasteiger partial charge in [0.05, 0.1) is 22.7 Å². The number of anilines is 6. The molecule has 12 aromatic rings. The lowest BCUT2D eigenvalue weighted by atomic mass is 9.90. The molecule has 4 nitrogen and oxygen atoms in total. The summed E-state index contributed by atoms with van der Waals surface area (Å²) >= 11 is 0. The number of nitrogens with two attached hydrogens (primary N) is 1. The molecule has 6 heteroatoms. The van der Waals surface area contributed by atoms with E-state index in [-0.39, 0.29) is 11.6 Å². The van der Waals surface area contributed by atoms with Crippen LogP contribution in [0.1, 0.15) is 0 Å². The van der Waals surface area contributed by atoms with E-state index in [1.807, 2.05) is 182 Å². The molecule has 0 radical (unpaired) electrons. The van der Waals surface area contributed by atoms with E-state index in [1.165, 1.54) is 0 Å². The molecule has 0 aliphatic carbocycles. The maximum atomic E-state index is 17.6. The summed E-state index contributed by atoms with van der Waals surface area (Å²) in [4.78, 5) is 4.15. The maximum absolute atomic E-state index is 17.6. The third-order valence-corrected chi connectivity index (χ3v) is 13.1. The topological polar surface area (TPSA) is 52.7 Å². The normalized spacial score (nSPS) is 11.1. The minimum Gasteiger partial charge on any atom is -0.320 e. The van der Waals surface area contributed by atoms with Gasteiger partial charge < -0.3 is 15.0 Å². The van der Waals surface area contributed by atoms with E-state index in [2.05, 4.69) is 76.4 Å². The van der Waals surface area contributed by atoms with E-state index < -0.39 is 0 Å². The van der Waals surface area contributed by atoms with E-state index in [9.17, 15) is 0 Å². The van der Waals surface area contributed by atoms with E-state index >= 15 is 8.78 Å². The summed E-state index contributed by atoms with van der Waals surface area (Å²) in [5, 5.41) is 12.6. The van der Waals surface area contributed by atoms with E-state index in [1.54, 1.807) is 12.1 Å². The first kappa shape index (κ1) is 43.6. The van der Waals surface area contributed by atoms with Crippen molar-refractivity contribution in [1.82, 2.24) is 0 Å². The third-order valence-electron chi connectivity index (χ3n) is 13.1. The lowest BCUT2D eigenvalue weighted by molar-refractivity contribution is 0.311. The highest BCUT2D eigenvalue weighted by Gasteiger charge is 2.28. The summed E-state index contributed by atoms with van der Waals surface area (Å²) in [5.41, 5.74) is 11.0. The number of hydrogen-bond donors (Lipinski definition) is 2. The Balaban J connectivity index is 0.00000263. The fourth-order valence-electron chi connectivity index (χ4n) is 10.0. The zero-order valence-electron chi connectivity index (χ0n) is 37.9. The highest BCUT2D eigenvalue weighted by molar-refractivity contribution is 6.28. The van der Waals surface area contributed by atoms with Crippen molar-refractivity contribution in [2.75, 3.05) is 9.80 Å². The van der Waals surface area contributed by atoms with E-state index in [0.717, 1.165) is 99.6 Å². The Labute approximate surface area is 405 Å². The molecule has 0 bridgehead atoms. The average Bonchev–Trinajstić information content (AvgIpc) is 3.43. The molecule has 0 aromatic heterocycles. The van der Waals surface area contributed by atoms with Gasteiger partial charge in [0.2, 0.25) is 0 Å². The van der Waals surface area contributed by atoms with Crippen LogP contribution in [-0.4, -0.2) is 5.21 Å². The Kier molecular flexibility index (Phi) is 11.8. The molecule has 0 atom stereocenters. The first-order valence-electron chi connectivity index (χ1n) is 23.1. The molecule has 0 saturated heterocycles. The van der Waals surface area contributed by atoms with Gasteiger partial charge in [0.1, 0.15) is 11.6 Å². The molecule has 0 amide bonds. The summed E-state index contributed by atoms with van der Waals surface area (Å²) in [5.74, 6) is 2.82. The second kappa shape index (κ2) is 19.0. The molecule has 12 aromatic carbocycles. The van der Waals surface area contributed by atoms with Crippen LogP contribution in [0, 0.1) is 11.6 Å². The smallest absolute Gasteiger partial charge is 0.148 e. The Morgan fingerprint density at radius 1 is 0.300 bits per heavy atom. The number of halogens is 2. The van der Waals surface area contributed by atoms with Gasteiger partial charge >= 0.3 is 0 Å².